The lowest BCUT2D eigenvalue weighted by Crippen LogP contribution is -2.16. The van der Waals surface area contributed by atoms with Gasteiger partial charge in [0.15, 0.2) is 0 Å². The summed E-state index contributed by atoms with van der Waals surface area (Å²) in [5.74, 6) is -1.03. The Morgan fingerprint density at radius 3 is 2.37 bits per heavy atom. The molecule has 0 aliphatic carbocycles. The van der Waals surface area contributed by atoms with Gasteiger partial charge >= 0.3 is 11.9 Å². The average molecular weight is 436 g/mol. The number of hydrogen-bond acceptors (Lipinski definition) is 7. The molecule has 0 heterocycles. The number of nitrogens with one attached hydrogen (secondary N) is 1. The van der Waals surface area contributed by atoms with Gasteiger partial charge in [-0.05, 0) is 34.1 Å². The van der Waals surface area contributed by atoms with Gasteiger partial charge in [0, 0.05) is 10.0 Å². The highest BCUT2D eigenvalue weighted by atomic mass is 79.9. The number of anilines is 1. The summed E-state index contributed by atoms with van der Waals surface area (Å²) in [6.07, 6.45) is 0.979. The Morgan fingerprint density at radius 2 is 1.78 bits per heavy atom. The Kier molecular flexibility index (Phi) is 6.84. The minimum Gasteiger partial charge on any atom is -0.507 e. The second kappa shape index (κ2) is 9.09. The first-order valence-electron chi connectivity index (χ1n) is 7.72. The van der Waals surface area contributed by atoms with Gasteiger partial charge in [-0.1, -0.05) is 18.2 Å². The van der Waals surface area contributed by atoms with Crippen LogP contribution in [-0.2, 0) is 19.1 Å². The zero-order chi connectivity index (χ0) is 20.0. The van der Waals surface area contributed by atoms with Crippen molar-refractivity contribution in [3.63, 3.8) is 0 Å². The van der Waals surface area contributed by atoms with Crippen molar-refractivity contribution < 1.29 is 28.9 Å². The highest BCUT2D eigenvalue weighted by molar-refractivity contribution is 9.10. The molecular weight excluding hydrogens is 418 g/mol. The van der Waals surface area contributed by atoms with E-state index in [9.17, 15) is 14.7 Å². The molecule has 0 amide bonds. The number of halogens is 1. The number of methoxy groups -OCH3 is 3. The highest BCUT2D eigenvalue weighted by Gasteiger charge is 2.21. The van der Waals surface area contributed by atoms with Gasteiger partial charge in [0.25, 0.3) is 0 Å². The van der Waals surface area contributed by atoms with Gasteiger partial charge in [-0.15, -0.1) is 0 Å². The Bertz CT molecular complexity index is 894. The third-order valence-corrected chi connectivity index (χ3v) is 4.30. The van der Waals surface area contributed by atoms with Gasteiger partial charge in [0.1, 0.15) is 17.2 Å². The molecule has 7 nitrogen and oxygen atoms in total. The molecule has 8 heteroatoms. The molecule has 142 valence electrons. The summed E-state index contributed by atoms with van der Waals surface area (Å²) in [7, 11) is 3.88. The van der Waals surface area contributed by atoms with Gasteiger partial charge in [-0.3, -0.25) is 0 Å². The fourth-order valence-corrected chi connectivity index (χ4v) is 2.80. The van der Waals surface area contributed by atoms with E-state index in [4.69, 9.17) is 9.47 Å². The molecule has 2 aromatic rings. The average Bonchev–Trinajstić information content (AvgIpc) is 2.68. The van der Waals surface area contributed by atoms with Crippen molar-refractivity contribution in [3.05, 3.63) is 52.6 Å². The van der Waals surface area contributed by atoms with Crippen LogP contribution in [0.1, 0.15) is 0 Å². The van der Waals surface area contributed by atoms with Gasteiger partial charge in [0.05, 0.1) is 38.7 Å². The monoisotopic (exact) mass is 435 g/mol. The zero-order valence-corrected chi connectivity index (χ0v) is 16.5. The maximum atomic E-state index is 12.1. The Hall–Kier alpha value is -3.00. The van der Waals surface area contributed by atoms with Crippen LogP contribution in [0.3, 0.4) is 0 Å². The van der Waals surface area contributed by atoms with Crippen molar-refractivity contribution in [2.45, 2.75) is 0 Å². The van der Waals surface area contributed by atoms with Crippen molar-refractivity contribution in [1.29, 1.82) is 0 Å². The number of carbonyl (C=O) groups excluding carboxylic acids is 2. The van der Waals surface area contributed by atoms with E-state index in [1.165, 1.54) is 27.4 Å². The summed E-state index contributed by atoms with van der Waals surface area (Å²) in [5, 5.41) is 13.2. The van der Waals surface area contributed by atoms with E-state index in [1.807, 2.05) is 0 Å². The van der Waals surface area contributed by atoms with Crippen LogP contribution in [0, 0.1) is 0 Å². The summed E-state index contributed by atoms with van der Waals surface area (Å²) in [4.78, 5) is 23.7. The molecule has 0 spiro atoms. The molecule has 0 aromatic heterocycles. The van der Waals surface area contributed by atoms with E-state index in [0.717, 1.165) is 6.08 Å². The molecule has 0 aliphatic rings. The Labute approximate surface area is 164 Å². The van der Waals surface area contributed by atoms with Crippen LogP contribution in [0.25, 0.3) is 11.1 Å². The lowest BCUT2D eigenvalue weighted by atomic mass is 10.0. The quantitative estimate of drug-likeness (QED) is 0.529. The number of esters is 2. The first kappa shape index (κ1) is 20.3. The fourth-order valence-electron chi connectivity index (χ4n) is 2.37. The van der Waals surface area contributed by atoms with E-state index in [2.05, 4.69) is 26.0 Å². The Balaban J connectivity index is 2.68. The van der Waals surface area contributed by atoms with E-state index < -0.39 is 11.9 Å². The van der Waals surface area contributed by atoms with Crippen molar-refractivity contribution in [2.24, 2.45) is 0 Å². The predicted octanol–water partition coefficient (Wildman–Crippen LogP) is 3.47. The molecule has 0 fully saturated rings. The lowest BCUT2D eigenvalue weighted by molar-refractivity contribution is -0.138. The van der Waals surface area contributed by atoms with Gasteiger partial charge in [-0.25, -0.2) is 9.59 Å². The number of rotatable bonds is 6. The number of ether oxygens (including phenoxy) is 3. The number of aromatic hydroxyl groups is 1. The standard InChI is InChI=1S/C19H18BrNO6/c1-25-15-9-8-12(20)18(17(15)11-6-4-5-7-14(11)22)21-13(19(24)27-3)10-16(23)26-2/h4-10,21-22H,1-3H3/b13-10+. The molecule has 0 atom stereocenters. The number of phenols is 1. The molecule has 2 N–H and O–H groups in total. The van der Waals surface area contributed by atoms with Crippen molar-refractivity contribution in [3.8, 4) is 22.6 Å². The molecule has 27 heavy (non-hydrogen) atoms. The normalized spacial score (nSPS) is 10.9. The number of carbonyl (C=O) groups is 2. The van der Waals surface area contributed by atoms with E-state index in [0.29, 0.717) is 27.0 Å². The predicted molar refractivity (Wildman–Crippen MR) is 104 cm³/mol. The maximum absolute atomic E-state index is 12.1. The SMILES string of the molecule is COC(=O)/C=C(/Nc1c(Br)ccc(OC)c1-c1ccccc1O)C(=O)OC. The molecule has 0 radical (unpaired) electrons. The number of benzene rings is 2. The topological polar surface area (TPSA) is 94.1 Å². The van der Waals surface area contributed by atoms with Crippen LogP contribution in [0.2, 0.25) is 0 Å². The van der Waals surface area contributed by atoms with Crippen LogP contribution < -0.4 is 10.1 Å². The van der Waals surface area contributed by atoms with Crippen LogP contribution in [-0.4, -0.2) is 38.4 Å². The van der Waals surface area contributed by atoms with Crippen molar-refractivity contribution in [1.82, 2.24) is 0 Å². The second-order valence-corrected chi connectivity index (χ2v) is 6.07. The van der Waals surface area contributed by atoms with Crippen molar-refractivity contribution >= 4 is 33.6 Å². The first-order chi connectivity index (χ1) is 12.9. The van der Waals surface area contributed by atoms with Crippen molar-refractivity contribution in [2.75, 3.05) is 26.6 Å². The molecule has 0 saturated heterocycles. The summed E-state index contributed by atoms with van der Waals surface area (Å²) in [6.45, 7) is 0. The minimum atomic E-state index is -0.765. The smallest absolute Gasteiger partial charge is 0.354 e. The summed E-state index contributed by atoms with van der Waals surface area (Å²) in [6, 6.07) is 10.1. The van der Waals surface area contributed by atoms with E-state index >= 15 is 0 Å². The largest absolute Gasteiger partial charge is 0.507 e. The molecule has 0 aliphatic heterocycles. The summed E-state index contributed by atoms with van der Waals surface area (Å²) in [5.41, 5.74) is 1.22. The first-order valence-corrected chi connectivity index (χ1v) is 8.52. The summed E-state index contributed by atoms with van der Waals surface area (Å²) < 4.78 is 15.3. The summed E-state index contributed by atoms with van der Waals surface area (Å²) >= 11 is 3.42. The number of para-hydroxylation sites is 1. The third-order valence-electron chi connectivity index (χ3n) is 3.64. The maximum Gasteiger partial charge on any atom is 0.354 e. The van der Waals surface area contributed by atoms with Crippen LogP contribution in [0.5, 0.6) is 11.5 Å². The zero-order valence-electron chi connectivity index (χ0n) is 14.9. The molecule has 2 aromatic carbocycles. The number of phenolic OH excluding ortho intramolecular Hbond substituents is 1. The second-order valence-electron chi connectivity index (χ2n) is 5.21. The third kappa shape index (κ3) is 4.59. The van der Waals surface area contributed by atoms with Crippen LogP contribution in [0.15, 0.2) is 52.6 Å². The lowest BCUT2D eigenvalue weighted by Gasteiger charge is -2.19. The van der Waals surface area contributed by atoms with Gasteiger partial charge in [0.2, 0.25) is 0 Å². The molecule has 2 rings (SSSR count). The fraction of sp³-hybridized carbons (Fsp3) is 0.158. The van der Waals surface area contributed by atoms with E-state index in [-0.39, 0.29) is 11.4 Å². The Morgan fingerprint density at radius 1 is 1.07 bits per heavy atom. The molecular formula is C19H18BrNO6. The van der Waals surface area contributed by atoms with E-state index in [1.54, 1.807) is 30.3 Å². The van der Waals surface area contributed by atoms with Crippen LogP contribution >= 0.6 is 15.9 Å². The highest BCUT2D eigenvalue weighted by Crippen LogP contribution is 2.45. The van der Waals surface area contributed by atoms with Crippen LogP contribution in [0.4, 0.5) is 5.69 Å². The van der Waals surface area contributed by atoms with Gasteiger partial charge < -0.3 is 24.6 Å². The molecule has 0 unspecified atom stereocenters. The van der Waals surface area contributed by atoms with Gasteiger partial charge in [-0.2, -0.15) is 0 Å². The molecule has 0 saturated carbocycles. The minimum absolute atomic E-state index is 0.0218. The number of hydrogen-bond donors (Lipinski definition) is 2. The molecule has 0 bridgehead atoms.